The third kappa shape index (κ3) is 9.91. The van der Waals surface area contributed by atoms with E-state index in [1.807, 2.05) is 67.6 Å². The van der Waals surface area contributed by atoms with Crippen molar-refractivity contribution in [2.24, 2.45) is 5.41 Å². The zero-order valence-electron chi connectivity index (χ0n) is 38.1. The Labute approximate surface area is 394 Å². The summed E-state index contributed by atoms with van der Waals surface area (Å²) in [5, 5.41) is 26.6. The SMILES string of the molecule is COc1ccc(CC(=O)N(Cc2cccc3ccccc23)C[C@]2(O)CC[C@H]3c4ccc(cc4C(=O)c4ccc(-c5cc(C(F)(F)F)ccc5Cl)o4)C[C@@H](O)CCC(C)=CCC[C@@]32C)cc1OC. The Morgan fingerprint density at radius 2 is 1.67 bits per heavy atom. The quantitative estimate of drug-likeness (QED) is 0.0983. The van der Waals surface area contributed by atoms with Crippen molar-refractivity contribution in [3.63, 3.8) is 0 Å². The molecule has 350 valence electrons. The molecule has 0 aliphatic heterocycles. The van der Waals surface area contributed by atoms with Crippen LogP contribution >= 0.6 is 11.6 Å². The maximum atomic E-state index is 14.9. The van der Waals surface area contributed by atoms with Gasteiger partial charge in [0.15, 0.2) is 17.3 Å². The van der Waals surface area contributed by atoms with Gasteiger partial charge < -0.3 is 29.0 Å². The molecule has 8 nitrogen and oxygen atoms in total. The average Bonchev–Trinajstić information content (AvgIpc) is 3.89. The molecule has 6 aromatic rings. The molecule has 0 spiro atoms. The van der Waals surface area contributed by atoms with E-state index >= 15 is 0 Å². The number of aliphatic hydroxyl groups is 2. The molecule has 0 radical (unpaired) electrons. The Kier molecular flexibility index (Phi) is 13.8. The van der Waals surface area contributed by atoms with E-state index in [1.165, 1.54) is 12.1 Å². The molecule has 0 saturated heterocycles. The Morgan fingerprint density at radius 1 is 0.896 bits per heavy atom. The highest BCUT2D eigenvalue weighted by atomic mass is 35.5. The van der Waals surface area contributed by atoms with Crippen LogP contribution in [-0.4, -0.2) is 59.3 Å². The molecule has 1 amide bonds. The molecule has 3 aliphatic carbocycles. The summed E-state index contributed by atoms with van der Waals surface area (Å²) in [5.41, 5.74) is 1.22. The largest absolute Gasteiger partial charge is 0.493 e. The Morgan fingerprint density at radius 3 is 2.45 bits per heavy atom. The molecular formula is C55H55ClF3NO7. The fourth-order valence-electron chi connectivity index (χ4n) is 10.3. The predicted octanol–water partition coefficient (Wildman–Crippen LogP) is 12.3. The van der Waals surface area contributed by atoms with Crippen LogP contribution in [0.1, 0.15) is 102 Å². The van der Waals surface area contributed by atoms with Gasteiger partial charge in [-0.15, -0.1) is 0 Å². The number of allylic oxidation sites excluding steroid dienone is 2. The van der Waals surface area contributed by atoms with Crippen LogP contribution < -0.4 is 9.47 Å². The molecule has 2 N–H and O–H groups in total. The normalized spacial score (nSPS) is 21.1. The maximum absolute atomic E-state index is 14.9. The van der Waals surface area contributed by atoms with Gasteiger partial charge in [0.05, 0.1) is 49.5 Å². The first-order valence-electron chi connectivity index (χ1n) is 22.7. The third-order valence-corrected chi connectivity index (χ3v) is 14.5. The number of ketones is 1. The van der Waals surface area contributed by atoms with Crippen LogP contribution in [0.3, 0.4) is 0 Å². The van der Waals surface area contributed by atoms with Crippen molar-refractivity contribution in [3.8, 4) is 22.8 Å². The van der Waals surface area contributed by atoms with Crippen LogP contribution in [0, 0.1) is 5.41 Å². The van der Waals surface area contributed by atoms with Crippen molar-refractivity contribution < 1.29 is 46.9 Å². The molecular weight excluding hydrogens is 879 g/mol. The lowest BCUT2D eigenvalue weighted by Gasteiger charge is -2.46. The maximum Gasteiger partial charge on any atom is 0.416 e. The summed E-state index contributed by atoms with van der Waals surface area (Å²) < 4.78 is 58.3. The average molecular weight is 934 g/mol. The summed E-state index contributed by atoms with van der Waals surface area (Å²) in [6.45, 7) is 4.34. The number of carbonyl (C=O) groups excluding carboxylic acids is 2. The van der Waals surface area contributed by atoms with E-state index in [4.69, 9.17) is 25.5 Å². The number of fused-ring (bicyclic) bond motifs is 9. The zero-order chi connectivity index (χ0) is 47.7. The van der Waals surface area contributed by atoms with Crippen LogP contribution in [0.25, 0.3) is 22.1 Å². The van der Waals surface area contributed by atoms with Gasteiger partial charge in [-0.3, -0.25) is 9.59 Å². The van der Waals surface area contributed by atoms with Crippen LogP contribution in [0.2, 0.25) is 5.02 Å². The lowest BCUT2D eigenvalue weighted by molar-refractivity contribution is -0.140. The number of nitrogens with zero attached hydrogens (tertiary/aromatic N) is 1. The van der Waals surface area contributed by atoms with Crippen LogP contribution in [0.4, 0.5) is 13.2 Å². The monoisotopic (exact) mass is 933 g/mol. The number of hydrogen-bond acceptors (Lipinski definition) is 7. The standard InChI is InChI=1S/C55H55ClF3NO7/c1-34-9-8-25-53(2)45(42-19-15-35(27-40(61)18-14-34)28-43(42)52(63)49-23-22-47(67-49)44-31-39(55(57,58)59)17-20-46(44)56)24-26-54(53,64)33-60(32-38-12-7-11-37-10-5-6-13-41(37)38)51(62)30-36-16-21-48(65-3)50(29-36)66-4/h5-7,9-13,15-17,19-23,28-29,31,40,45,61,64H,8,14,18,24-27,30,32-33H2,1-4H3/t40-,45-,53-,54+/m0/s1. The molecule has 12 heteroatoms. The smallest absolute Gasteiger partial charge is 0.416 e. The topological polar surface area (TPSA) is 109 Å². The van der Waals surface area contributed by atoms with Crippen molar-refractivity contribution in [2.45, 2.75) is 95.6 Å². The number of carbonyl (C=O) groups is 2. The Bertz CT molecular complexity index is 2830. The number of alkyl halides is 3. The van der Waals surface area contributed by atoms with E-state index < -0.39 is 34.6 Å². The number of rotatable bonds is 11. The van der Waals surface area contributed by atoms with Gasteiger partial charge in [0.1, 0.15) is 5.76 Å². The van der Waals surface area contributed by atoms with Gasteiger partial charge in [0.2, 0.25) is 11.7 Å². The first kappa shape index (κ1) is 47.6. The number of aliphatic hydroxyl groups excluding tert-OH is 1. The van der Waals surface area contributed by atoms with Crippen molar-refractivity contribution in [3.05, 3.63) is 165 Å². The van der Waals surface area contributed by atoms with Gasteiger partial charge in [0.25, 0.3) is 0 Å². The second-order valence-electron chi connectivity index (χ2n) is 18.4. The van der Waals surface area contributed by atoms with E-state index in [9.17, 15) is 33.0 Å². The highest BCUT2D eigenvalue weighted by Gasteiger charge is 2.57. The fraction of sp³-hybridized carbons (Fsp3) is 0.345. The van der Waals surface area contributed by atoms with Gasteiger partial charge >= 0.3 is 6.18 Å². The molecule has 9 rings (SSSR count). The van der Waals surface area contributed by atoms with Crippen molar-refractivity contribution in [1.29, 1.82) is 0 Å². The molecule has 2 bridgehead atoms. The van der Waals surface area contributed by atoms with Crippen LogP contribution in [-0.2, 0) is 30.4 Å². The van der Waals surface area contributed by atoms with Gasteiger partial charge in [-0.2, -0.15) is 13.2 Å². The Balaban J connectivity index is 1.20. The minimum Gasteiger partial charge on any atom is -0.493 e. The summed E-state index contributed by atoms with van der Waals surface area (Å²) in [6.07, 6.45) is 0.243. The zero-order valence-corrected chi connectivity index (χ0v) is 38.8. The predicted molar refractivity (Wildman–Crippen MR) is 254 cm³/mol. The van der Waals surface area contributed by atoms with Crippen LogP contribution in [0.15, 0.2) is 125 Å². The number of methoxy groups -OCH3 is 2. The molecule has 1 heterocycles. The van der Waals surface area contributed by atoms with Gasteiger partial charge in [-0.25, -0.2) is 0 Å². The molecule has 67 heavy (non-hydrogen) atoms. The fourth-order valence-corrected chi connectivity index (χ4v) is 10.5. The molecule has 4 atom stereocenters. The summed E-state index contributed by atoms with van der Waals surface area (Å²) in [6, 6.07) is 30.8. The Hall–Kier alpha value is -5.88. The van der Waals surface area contributed by atoms with E-state index in [0.717, 1.165) is 51.2 Å². The molecule has 3 aliphatic rings. The molecule has 1 aromatic heterocycles. The van der Waals surface area contributed by atoms with Gasteiger partial charge in [-0.1, -0.05) is 90.8 Å². The number of ether oxygens (including phenoxy) is 2. The number of halogens is 4. The lowest BCUT2D eigenvalue weighted by Crippen LogP contribution is -2.53. The third-order valence-electron chi connectivity index (χ3n) is 14.2. The number of benzene rings is 5. The summed E-state index contributed by atoms with van der Waals surface area (Å²) >= 11 is 6.39. The van der Waals surface area contributed by atoms with E-state index in [2.05, 4.69) is 13.0 Å². The highest BCUT2D eigenvalue weighted by Crippen LogP contribution is 2.59. The van der Waals surface area contributed by atoms with Gasteiger partial charge in [0, 0.05) is 23.1 Å². The number of furan rings is 1. The number of hydrogen-bond donors (Lipinski definition) is 2. The summed E-state index contributed by atoms with van der Waals surface area (Å²) in [4.78, 5) is 31.4. The van der Waals surface area contributed by atoms with E-state index in [0.29, 0.717) is 61.2 Å². The molecule has 5 aromatic carbocycles. The minimum absolute atomic E-state index is 0.000919. The van der Waals surface area contributed by atoms with E-state index in [1.54, 1.807) is 37.3 Å². The highest BCUT2D eigenvalue weighted by molar-refractivity contribution is 6.33. The lowest BCUT2D eigenvalue weighted by atomic mass is 9.64. The first-order chi connectivity index (χ1) is 32.0. The van der Waals surface area contributed by atoms with Crippen LogP contribution in [0.5, 0.6) is 11.5 Å². The molecule has 1 fully saturated rings. The summed E-state index contributed by atoms with van der Waals surface area (Å²) in [7, 11) is 3.10. The number of amides is 1. The minimum atomic E-state index is -4.62. The van der Waals surface area contributed by atoms with Crippen molar-refractivity contribution in [2.75, 3.05) is 20.8 Å². The summed E-state index contributed by atoms with van der Waals surface area (Å²) in [5.74, 6) is -0.134. The van der Waals surface area contributed by atoms with E-state index in [-0.39, 0.29) is 59.9 Å². The second-order valence-corrected chi connectivity index (χ2v) is 18.8. The van der Waals surface area contributed by atoms with Crippen molar-refractivity contribution >= 4 is 34.1 Å². The van der Waals surface area contributed by atoms with Gasteiger partial charge in [-0.05, 0) is 139 Å². The van der Waals surface area contributed by atoms with Crippen molar-refractivity contribution in [1.82, 2.24) is 4.90 Å². The first-order valence-corrected chi connectivity index (χ1v) is 23.0. The molecule has 1 saturated carbocycles. The molecule has 0 unspecified atom stereocenters. The second kappa shape index (κ2) is 19.4.